The number of anilines is 1. The maximum atomic E-state index is 15.7. The number of halogens is 1. The number of piperazine rings is 1. The summed E-state index contributed by atoms with van der Waals surface area (Å²) >= 11 is 0. The summed E-state index contributed by atoms with van der Waals surface area (Å²) < 4.78 is 17.5. The van der Waals surface area contributed by atoms with Gasteiger partial charge in [-0.3, -0.25) is 23.9 Å². The van der Waals surface area contributed by atoms with E-state index in [1.165, 1.54) is 12.1 Å². The molecule has 262 valence electrons. The van der Waals surface area contributed by atoms with Gasteiger partial charge in [-0.1, -0.05) is 58.4 Å². The highest BCUT2D eigenvalue weighted by molar-refractivity contribution is 6.00. The van der Waals surface area contributed by atoms with Crippen molar-refractivity contribution in [3.05, 3.63) is 47.5 Å². The van der Waals surface area contributed by atoms with Gasteiger partial charge in [-0.2, -0.15) is 5.10 Å². The maximum Gasteiger partial charge on any atom is 0.270 e. The predicted octanol–water partition coefficient (Wildman–Crippen LogP) is 4.62. The zero-order valence-corrected chi connectivity index (χ0v) is 28.7. The monoisotopic (exact) mass is 665 g/mol. The van der Waals surface area contributed by atoms with Gasteiger partial charge in [0.2, 0.25) is 17.7 Å². The van der Waals surface area contributed by atoms with Crippen LogP contribution in [0.25, 0.3) is 0 Å². The summed E-state index contributed by atoms with van der Waals surface area (Å²) in [6.45, 7) is 6.12. The van der Waals surface area contributed by atoms with Crippen LogP contribution in [0.1, 0.15) is 112 Å². The van der Waals surface area contributed by atoms with E-state index in [2.05, 4.69) is 25.9 Å². The number of hydrogen-bond acceptors (Lipinski definition) is 6. The van der Waals surface area contributed by atoms with E-state index in [1.54, 1.807) is 41.8 Å². The highest BCUT2D eigenvalue weighted by atomic mass is 19.1. The van der Waals surface area contributed by atoms with Crippen molar-refractivity contribution in [2.75, 3.05) is 38.5 Å². The van der Waals surface area contributed by atoms with E-state index in [-0.39, 0.29) is 41.8 Å². The molecule has 3 aliphatic rings. The number of benzene rings is 1. The van der Waals surface area contributed by atoms with Gasteiger partial charge in [-0.15, -0.1) is 0 Å². The van der Waals surface area contributed by atoms with E-state index < -0.39 is 29.7 Å². The van der Waals surface area contributed by atoms with Crippen LogP contribution in [-0.2, 0) is 14.4 Å². The summed E-state index contributed by atoms with van der Waals surface area (Å²) in [6, 6.07) is 4.68. The van der Waals surface area contributed by atoms with Crippen molar-refractivity contribution in [2.24, 2.45) is 5.92 Å². The van der Waals surface area contributed by atoms with Gasteiger partial charge in [-0.05, 0) is 62.4 Å². The van der Waals surface area contributed by atoms with Crippen molar-refractivity contribution < 1.29 is 23.6 Å². The number of aromatic nitrogens is 2. The molecule has 0 unspecified atom stereocenters. The Kier molecular flexibility index (Phi) is 12.2. The summed E-state index contributed by atoms with van der Waals surface area (Å²) in [5.41, 5.74) is 0.969. The van der Waals surface area contributed by atoms with Gasteiger partial charge in [0.1, 0.15) is 23.6 Å². The maximum absolute atomic E-state index is 15.7. The second-order valence-electron chi connectivity index (χ2n) is 13.8. The quantitative estimate of drug-likeness (QED) is 0.301. The fourth-order valence-corrected chi connectivity index (χ4v) is 7.41. The molecule has 0 spiro atoms. The van der Waals surface area contributed by atoms with E-state index in [0.29, 0.717) is 24.3 Å². The molecule has 4 amide bonds. The summed E-state index contributed by atoms with van der Waals surface area (Å²) in [5, 5.41) is 13.1. The van der Waals surface area contributed by atoms with Gasteiger partial charge < -0.3 is 25.8 Å². The van der Waals surface area contributed by atoms with Crippen LogP contribution < -0.4 is 16.0 Å². The lowest BCUT2D eigenvalue weighted by molar-refractivity contribution is -0.138. The van der Waals surface area contributed by atoms with Crippen molar-refractivity contribution >= 4 is 29.3 Å². The first-order valence-electron chi connectivity index (χ1n) is 17.9. The molecule has 0 bridgehead atoms. The summed E-state index contributed by atoms with van der Waals surface area (Å²) in [5.74, 6) is -2.49. The molecule has 3 N–H and O–H groups in total. The number of nitrogens with one attached hydrogen (secondary N) is 3. The average molecular weight is 666 g/mol. The normalized spacial score (nSPS) is 20.0. The molecule has 3 fully saturated rings. The molecule has 1 aliphatic heterocycles. The fraction of sp³-hybridized carbons (Fsp3) is 0.639. The molecule has 2 heterocycles. The first-order valence-corrected chi connectivity index (χ1v) is 17.9. The molecule has 3 atom stereocenters. The van der Waals surface area contributed by atoms with Crippen molar-refractivity contribution in [1.29, 1.82) is 0 Å². The topological polar surface area (TPSA) is 129 Å². The van der Waals surface area contributed by atoms with Gasteiger partial charge in [0.05, 0.1) is 11.7 Å². The molecule has 12 heteroatoms. The first kappa shape index (κ1) is 35.5. The van der Waals surface area contributed by atoms with Crippen LogP contribution in [0.15, 0.2) is 30.5 Å². The first-order chi connectivity index (χ1) is 23.2. The molecule has 48 heavy (non-hydrogen) atoms. The van der Waals surface area contributed by atoms with Crippen molar-refractivity contribution in [1.82, 2.24) is 30.2 Å². The number of amides is 4. The Labute approximate surface area is 283 Å². The number of carbonyl (C=O) groups excluding carboxylic acids is 4. The van der Waals surface area contributed by atoms with Gasteiger partial charge >= 0.3 is 0 Å². The highest BCUT2D eigenvalue weighted by Gasteiger charge is 2.35. The number of likely N-dealkylation sites (N-methyl/N-ethyl adjacent to an activating group) is 1. The highest BCUT2D eigenvalue weighted by Crippen LogP contribution is 2.31. The Hall–Kier alpha value is -3.80. The van der Waals surface area contributed by atoms with E-state index in [9.17, 15) is 19.2 Å². The summed E-state index contributed by atoms with van der Waals surface area (Å²) in [6.07, 6.45) is 11.7. The van der Waals surface area contributed by atoms with Crippen LogP contribution in [0.4, 0.5) is 10.1 Å². The SMILES string of the molecule is CCC(=O)N[C@@H](C(=O)N1CCN(C)CC1)[C@@H](C)c1ccc(NC(=O)[C@@H](NC(=O)c2ccnn2C2CCCC2)C2CCCCCC2)c(F)c1. The molecule has 2 saturated carbocycles. The van der Waals surface area contributed by atoms with Crippen LogP contribution in [0.3, 0.4) is 0 Å². The Morgan fingerprint density at radius 3 is 2.23 bits per heavy atom. The number of hydrogen-bond donors (Lipinski definition) is 3. The molecule has 2 aliphatic carbocycles. The Bertz CT molecular complexity index is 1430. The van der Waals surface area contributed by atoms with Gasteiger partial charge in [-0.25, -0.2) is 4.39 Å². The summed E-state index contributed by atoms with van der Waals surface area (Å²) in [4.78, 5) is 57.4. The lowest BCUT2D eigenvalue weighted by atomic mass is 9.90. The lowest BCUT2D eigenvalue weighted by Crippen LogP contribution is -2.55. The molecule has 1 aromatic heterocycles. The van der Waals surface area contributed by atoms with Crippen molar-refractivity contribution in [3.8, 4) is 0 Å². The second-order valence-corrected chi connectivity index (χ2v) is 13.8. The van der Waals surface area contributed by atoms with Gasteiger partial charge in [0.15, 0.2) is 0 Å². The van der Waals surface area contributed by atoms with Gasteiger partial charge in [0.25, 0.3) is 5.91 Å². The number of rotatable bonds is 11. The molecule has 1 saturated heterocycles. The Morgan fingerprint density at radius 1 is 0.917 bits per heavy atom. The number of carbonyl (C=O) groups is 4. The minimum Gasteiger partial charge on any atom is -0.344 e. The minimum absolute atomic E-state index is 0.000596. The van der Waals surface area contributed by atoms with Crippen LogP contribution in [0.5, 0.6) is 0 Å². The van der Waals surface area contributed by atoms with Crippen LogP contribution in [-0.4, -0.2) is 88.5 Å². The molecule has 5 rings (SSSR count). The van der Waals surface area contributed by atoms with E-state index in [0.717, 1.165) is 77.3 Å². The van der Waals surface area contributed by atoms with Crippen LogP contribution in [0.2, 0.25) is 0 Å². The van der Waals surface area contributed by atoms with E-state index >= 15 is 4.39 Å². The third-order valence-corrected chi connectivity index (χ3v) is 10.5. The third-order valence-electron chi connectivity index (χ3n) is 10.5. The largest absolute Gasteiger partial charge is 0.344 e. The average Bonchev–Trinajstić information content (AvgIpc) is 3.74. The predicted molar refractivity (Wildman–Crippen MR) is 182 cm³/mol. The summed E-state index contributed by atoms with van der Waals surface area (Å²) in [7, 11) is 2.00. The molecule has 0 radical (unpaired) electrons. The standard InChI is InChI=1S/C36H52FN7O4/c1-4-31(45)40-32(36(48)43-21-19-42(3)20-22-43)24(2)26-15-16-29(28(37)23-26)39-35(47)33(25-11-7-5-6-8-12-25)41-34(46)30-17-18-38-44(30)27-13-9-10-14-27/h15-18,23-25,27,32-33H,4-14,19-22H2,1-3H3,(H,39,47)(H,40,45)(H,41,46)/t24-,32+,33-/m0/s1. The Balaban J connectivity index is 1.32. The molecule has 2 aromatic rings. The van der Waals surface area contributed by atoms with E-state index in [1.807, 2.05) is 7.05 Å². The zero-order chi connectivity index (χ0) is 34.2. The Morgan fingerprint density at radius 2 is 1.58 bits per heavy atom. The molecule has 1 aromatic carbocycles. The van der Waals surface area contributed by atoms with Crippen LogP contribution in [0, 0.1) is 11.7 Å². The fourth-order valence-electron chi connectivity index (χ4n) is 7.41. The van der Waals surface area contributed by atoms with E-state index in [4.69, 9.17) is 0 Å². The molecule has 11 nitrogen and oxygen atoms in total. The molecular formula is C36H52FN7O4. The lowest BCUT2D eigenvalue weighted by Gasteiger charge is -2.36. The zero-order valence-electron chi connectivity index (χ0n) is 28.7. The number of nitrogens with zero attached hydrogens (tertiary/aromatic N) is 4. The second kappa shape index (κ2) is 16.5. The smallest absolute Gasteiger partial charge is 0.270 e. The molecular weight excluding hydrogens is 613 g/mol. The van der Waals surface area contributed by atoms with Crippen molar-refractivity contribution in [3.63, 3.8) is 0 Å². The minimum atomic E-state index is -0.854. The van der Waals surface area contributed by atoms with Crippen molar-refractivity contribution in [2.45, 2.75) is 109 Å². The van der Waals surface area contributed by atoms with Crippen LogP contribution >= 0.6 is 0 Å². The third kappa shape index (κ3) is 8.61. The van der Waals surface area contributed by atoms with Gasteiger partial charge in [0, 0.05) is 44.7 Å².